The highest BCUT2D eigenvalue weighted by Gasteiger charge is 2.39. The molecule has 290 valence electrons. The second-order valence-corrected chi connectivity index (χ2v) is 16.2. The van der Waals surface area contributed by atoms with Crippen molar-refractivity contribution < 1.29 is 19.2 Å². The first-order valence-electron chi connectivity index (χ1n) is 19.6. The minimum Gasteiger partial charge on any atom is -0.398 e. The van der Waals surface area contributed by atoms with E-state index in [9.17, 15) is 19.2 Å². The van der Waals surface area contributed by atoms with Gasteiger partial charge in [-0.1, -0.05) is 24.3 Å². The van der Waals surface area contributed by atoms with Crippen LogP contribution in [0.1, 0.15) is 103 Å². The van der Waals surface area contributed by atoms with Gasteiger partial charge in [0.15, 0.2) is 0 Å². The number of nitrogen functional groups attached to an aromatic ring is 1. The van der Waals surface area contributed by atoms with Crippen LogP contribution in [0.3, 0.4) is 0 Å². The molecule has 0 unspecified atom stereocenters. The summed E-state index contributed by atoms with van der Waals surface area (Å²) >= 11 is 0. The zero-order chi connectivity index (χ0) is 41.8. The fraction of sp³-hybridized carbons (Fsp3) is 0.216. The van der Waals surface area contributed by atoms with E-state index in [0.29, 0.717) is 33.6 Å². The van der Waals surface area contributed by atoms with Crippen molar-refractivity contribution in [2.45, 2.75) is 76.2 Å². The number of anilines is 3. The van der Waals surface area contributed by atoms with Crippen molar-refractivity contribution in [3.05, 3.63) is 156 Å². The van der Waals surface area contributed by atoms with E-state index in [0.717, 1.165) is 72.4 Å². The van der Waals surface area contributed by atoms with Gasteiger partial charge in [-0.25, -0.2) is 9.80 Å². The van der Waals surface area contributed by atoms with Crippen LogP contribution >= 0.6 is 0 Å². The average molecular weight is 766 g/mol. The third kappa shape index (κ3) is 5.47. The smallest absolute Gasteiger partial charge is 0.266 e. The van der Waals surface area contributed by atoms with Crippen LogP contribution in [0.5, 0.6) is 0 Å². The topological polar surface area (TPSA) is 101 Å². The van der Waals surface area contributed by atoms with Crippen LogP contribution in [-0.4, -0.2) is 23.6 Å². The highest BCUT2D eigenvalue weighted by molar-refractivity contribution is 6.35. The highest BCUT2D eigenvalue weighted by Crippen LogP contribution is 2.41. The maximum atomic E-state index is 14.0. The van der Waals surface area contributed by atoms with Crippen LogP contribution in [0.4, 0.5) is 17.1 Å². The Hall–Kier alpha value is -6.60. The molecule has 6 aromatic carbocycles. The molecule has 2 N–H and O–H groups in total. The zero-order valence-corrected chi connectivity index (χ0v) is 35.0. The van der Waals surface area contributed by atoms with Gasteiger partial charge in [0.05, 0.1) is 33.6 Å². The number of benzene rings is 6. The SMILES string of the molecule is Cc1cc(N2C(=O)c3ccc(-c4c(C)c(C)c(C)c(C)c4C)cc3C2=O)ccc1-c1ccc(N2C(=O)c3ccc(-c4c(C)c(C)c(N)c(C)c4C)cc3C2=O)cc1C. The Balaban J connectivity index is 1.07. The molecular weight excluding hydrogens is 719 g/mol. The van der Waals surface area contributed by atoms with E-state index in [1.165, 1.54) is 37.6 Å². The molecule has 0 fully saturated rings. The number of carbonyl (C=O) groups excluding carboxylic acids is 4. The number of imide groups is 2. The standard InChI is InChI=1S/C51H47N3O4/c1-24-20-37(53-48(55)41-16-12-35(22-43(41)50(53)57)45-29(6)27(4)26(3)28(5)30(45)7)14-18-39(24)40-19-15-38(21-25(40)2)54-49(56)42-17-13-36(23-44(42)51(54)58)46-31(8)33(10)47(52)34(11)32(46)9/h12-23H,52H2,1-11H3. The van der Waals surface area contributed by atoms with Crippen LogP contribution in [0.2, 0.25) is 0 Å². The second-order valence-electron chi connectivity index (χ2n) is 16.2. The van der Waals surface area contributed by atoms with Crippen LogP contribution in [0.25, 0.3) is 33.4 Å². The fourth-order valence-corrected chi connectivity index (χ4v) is 9.15. The molecule has 2 heterocycles. The number of hydrogen-bond acceptors (Lipinski definition) is 5. The molecule has 4 amide bonds. The number of nitrogens with zero attached hydrogens (tertiary/aromatic N) is 2. The summed E-state index contributed by atoms with van der Waals surface area (Å²) < 4.78 is 0. The summed E-state index contributed by atoms with van der Waals surface area (Å²) in [6.07, 6.45) is 0. The fourth-order valence-electron chi connectivity index (χ4n) is 9.15. The van der Waals surface area contributed by atoms with Gasteiger partial charge in [-0.15, -0.1) is 0 Å². The number of rotatable bonds is 5. The van der Waals surface area contributed by atoms with E-state index in [-0.39, 0.29) is 23.6 Å². The lowest BCUT2D eigenvalue weighted by molar-refractivity contribution is 0.0910. The maximum Gasteiger partial charge on any atom is 0.266 e. The van der Waals surface area contributed by atoms with Gasteiger partial charge < -0.3 is 5.73 Å². The Bertz CT molecular complexity index is 2640. The summed E-state index contributed by atoms with van der Waals surface area (Å²) in [6, 6.07) is 22.2. The molecule has 0 bridgehead atoms. The van der Waals surface area contributed by atoms with Crippen molar-refractivity contribution in [3.8, 4) is 33.4 Å². The lowest BCUT2D eigenvalue weighted by Gasteiger charge is -2.19. The summed E-state index contributed by atoms with van der Waals surface area (Å²) in [5.41, 5.74) is 27.3. The Morgan fingerprint density at radius 3 is 1.02 bits per heavy atom. The van der Waals surface area contributed by atoms with Crippen molar-refractivity contribution in [3.63, 3.8) is 0 Å². The average Bonchev–Trinajstić information content (AvgIpc) is 3.60. The lowest BCUT2D eigenvalue weighted by Crippen LogP contribution is -2.29. The molecular formula is C51H47N3O4. The summed E-state index contributed by atoms with van der Waals surface area (Å²) in [7, 11) is 0. The first-order valence-corrected chi connectivity index (χ1v) is 19.6. The molecule has 0 aromatic heterocycles. The van der Waals surface area contributed by atoms with E-state index in [2.05, 4.69) is 34.6 Å². The van der Waals surface area contributed by atoms with Gasteiger partial charge in [0, 0.05) is 5.69 Å². The molecule has 2 aliphatic heterocycles. The van der Waals surface area contributed by atoms with Gasteiger partial charge in [-0.05, 0) is 219 Å². The van der Waals surface area contributed by atoms with Crippen LogP contribution in [0.15, 0.2) is 72.8 Å². The minimum atomic E-state index is -0.365. The summed E-state index contributed by atoms with van der Waals surface area (Å²) in [6.45, 7) is 22.6. The molecule has 6 aromatic rings. The van der Waals surface area contributed by atoms with E-state index >= 15 is 0 Å². The summed E-state index contributed by atoms with van der Waals surface area (Å²) in [4.78, 5) is 57.9. The van der Waals surface area contributed by atoms with Crippen molar-refractivity contribution in [1.29, 1.82) is 0 Å². The van der Waals surface area contributed by atoms with Crippen molar-refractivity contribution >= 4 is 40.7 Å². The molecule has 0 saturated carbocycles. The Morgan fingerprint density at radius 1 is 0.345 bits per heavy atom. The Kier molecular flexibility index (Phi) is 8.92. The van der Waals surface area contributed by atoms with Gasteiger partial charge in [-0.3, -0.25) is 19.2 Å². The van der Waals surface area contributed by atoms with E-state index in [1.54, 1.807) is 24.3 Å². The molecule has 8 rings (SSSR count). The van der Waals surface area contributed by atoms with Gasteiger partial charge in [-0.2, -0.15) is 0 Å². The molecule has 7 heteroatoms. The molecule has 0 saturated heterocycles. The second kappa shape index (κ2) is 13.5. The van der Waals surface area contributed by atoms with Crippen LogP contribution in [0, 0.1) is 76.2 Å². The number of carbonyl (C=O) groups is 4. The summed E-state index contributed by atoms with van der Waals surface area (Å²) in [5.74, 6) is -1.42. The van der Waals surface area contributed by atoms with Crippen molar-refractivity contribution in [1.82, 2.24) is 0 Å². The maximum absolute atomic E-state index is 14.0. The number of hydrogen-bond donors (Lipinski definition) is 1. The normalized spacial score (nSPS) is 13.6. The first kappa shape index (κ1) is 38.3. The van der Waals surface area contributed by atoms with E-state index in [4.69, 9.17) is 5.73 Å². The molecule has 0 spiro atoms. The van der Waals surface area contributed by atoms with Crippen molar-refractivity contribution in [2.75, 3.05) is 15.5 Å². The lowest BCUT2D eigenvalue weighted by atomic mass is 9.85. The number of aryl methyl sites for hydroxylation is 2. The van der Waals surface area contributed by atoms with Gasteiger partial charge in [0.2, 0.25) is 0 Å². The largest absolute Gasteiger partial charge is 0.398 e. The Labute approximate surface area is 340 Å². The van der Waals surface area contributed by atoms with Crippen LogP contribution in [-0.2, 0) is 0 Å². The molecule has 58 heavy (non-hydrogen) atoms. The highest BCUT2D eigenvalue weighted by atomic mass is 16.2. The predicted octanol–water partition coefficient (Wildman–Crippen LogP) is 11.3. The van der Waals surface area contributed by atoms with Gasteiger partial charge in [0.1, 0.15) is 0 Å². The number of nitrogens with two attached hydrogens (primary N) is 1. The quantitative estimate of drug-likeness (QED) is 0.139. The van der Waals surface area contributed by atoms with Crippen LogP contribution < -0.4 is 15.5 Å². The summed E-state index contributed by atoms with van der Waals surface area (Å²) in [5, 5.41) is 0. The molecule has 2 aliphatic rings. The Morgan fingerprint density at radius 2 is 0.655 bits per heavy atom. The third-order valence-corrected chi connectivity index (χ3v) is 13.3. The first-order chi connectivity index (χ1) is 27.4. The monoisotopic (exact) mass is 765 g/mol. The third-order valence-electron chi connectivity index (χ3n) is 13.3. The molecule has 0 aliphatic carbocycles. The van der Waals surface area contributed by atoms with Gasteiger partial charge >= 0.3 is 0 Å². The molecule has 0 atom stereocenters. The zero-order valence-electron chi connectivity index (χ0n) is 35.0. The molecule has 7 nitrogen and oxygen atoms in total. The van der Waals surface area contributed by atoms with Crippen molar-refractivity contribution in [2.24, 2.45) is 0 Å². The van der Waals surface area contributed by atoms with E-state index in [1.807, 2.05) is 90.1 Å². The minimum absolute atomic E-state index is 0.345. The number of fused-ring (bicyclic) bond motifs is 2. The predicted molar refractivity (Wildman–Crippen MR) is 234 cm³/mol. The number of amides is 4. The van der Waals surface area contributed by atoms with Gasteiger partial charge in [0.25, 0.3) is 23.6 Å². The molecule has 0 radical (unpaired) electrons. The van der Waals surface area contributed by atoms with E-state index < -0.39 is 0 Å².